The van der Waals surface area contributed by atoms with E-state index in [1.54, 1.807) is 4.90 Å². The third kappa shape index (κ3) is 3.61. The first kappa shape index (κ1) is 19.2. The van der Waals surface area contributed by atoms with Gasteiger partial charge in [0, 0.05) is 16.4 Å². The second-order valence-electron chi connectivity index (χ2n) is 6.34. The molecule has 0 bridgehead atoms. The molecule has 1 aliphatic heterocycles. The maximum Gasteiger partial charge on any atom is 0.416 e. The summed E-state index contributed by atoms with van der Waals surface area (Å²) in [6.07, 6.45) is -3.35. The standard InChI is InChI=1S/C18H17ClF3NO2S/c1-10-6-8-26-16(10)15(23-7-2-3-14(23)17(24)25)12-9-11(18(20,21)22)4-5-13(12)19/h4-6,8-9,14-15H,2-3,7H2,1H3,(H,24,25). The van der Waals surface area contributed by atoms with E-state index in [1.165, 1.54) is 17.4 Å². The van der Waals surface area contributed by atoms with Crippen molar-refractivity contribution in [3.8, 4) is 0 Å². The number of carboxylic acids is 1. The summed E-state index contributed by atoms with van der Waals surface area (Å²) in [4.78, 5) is 14.2. The van der Waals surface area contributed by atoms with Gasteiger partial charge < -0.3 is 5.11 Å². The molecule has 0 spiro atoms. The monoisotopic (exact) mass is 403 g/mol. The predicted molar refractivity (Wildman–Crippen MR) is 94.7 cm³/mol. The van der Waals surface area contributed by atoms with E-state index < -0.39 is 29.8 Å². The van der Waals surface area contributed by atoms with Gasteiger partial charge >= 0.3 is 12.1 Å². The van der Waals surface area contributed by atoms with E-state index in [0.717, 1.165) is 22.6 Å². The Morgan fingerprint density at radius 3 is 2.69 bits per heavy atom. The lowest BCUT2D eigenvalue weighted by atomic mass is 9.98. The number of thiophene rings is 1. The summed E-state index contributed by atoms with van der Waals surface area (Å²) in [6.45, 7) is 2.36. The molecule has 1 fully saturated rings. The fourth-order valence-electron chi connectivity index (χ4n) is 3.43. The number of nitrogens with zero attached hydrogens (tertiary/aromatic N) is 1. The minimum absolute atomic E-state index is 0.201. The third-order valence-corrected chi connectivity index (χ3v) is 6.09. The van der Waals surface area contributed by atoms with Crippen molar-refractivity contribution in [2.45, 2.75) is 38.0 Å². The summed E-state index contributed by atoms with van der Waals surface area (Å²) < 4.78 is 39.7. The number of benzene rings is 1. The minimum atomic E-state index is -4.49. The molecule has 1 aliphatic rings. The molecule has 1 saturated heterocycles. The molecule has 0 amide bonds. The van der Waals surface area contributed by atoms with Crippen LogP contribution < -0.4 is 0 Å². The zero-order chi connectivity index (χ0) is 19.1. The van der Waals surface area contributed by atoms with E-state index in [9.17, 15) is 23.1 Å². The maximum absolute atomic E-state index is 13.2. The van der Waals surface area contributed by atoms with Crippen LogP contribution in [0.4, 0.5) is 13.2 Å². The molecular formula is C18H17ClF3NO2S. The average molecular weight is 404 g/mol. The largest absolute Gasteiger partial charge is 0.480 e. The second kappa shape index (κ2) is 7.21. The molecule has 2 aromatic rings. The molecule has 0 radical (unpaired) electrons. The van der Waals surface area contributed by atoms with E-state index in [4.69, 9.17) is 11.6 Å². The molecule has 1 N–H and O–H groups in total. The van der Waals surface area contributed by atoms with Crippen molar-refractivity contribution < 1.29 is 23.1 Å². The fourth-order valence-corrected chi connectivity index (χ4v) is 4.71. The quantitative estimate of drug-likeness (QED) is 0.746. The van der Waals surface area contributed by atoms with E-state index in [-0.39, 0.29) is 5.02 Å². The first-order valence-electron chi connectivity index (χ1n) is 8.09. The van der Waals surface area contributed by atoms with Gasteiger partial charge in [-0.25, -0.2) is 0 Å². The zero-order valence-electron chi connectivity index (χ0n) is 13.9. The van der Waals surface area contributed by atoms with Crippen LogP contribution in [0.2, 0.25) is 5.02 Å². The Morgan fingerprint density at radius 1 is 1.38 bits per heavy atom. The van der Waals surface area contributed by atoms with Crippen LogP contribution in [-0.4, -0.2) is 28.6 Å². The zero-order valence-corrected chi connectivity index (χ0v) is 15.5. The molecule has 8 heteroatoms. The van der Waals surface area contributed by atoms with Crippen LogP contribution in [0.3, 0.4) is 0 Å². The minimum Gasteiger partial charge on any atom is -0.480 e. The number of hydrogen-bond acceptors (Lipinski definition) is 3. The van der Waals surface area contributed by atoms with Gasteiger partial charge in [-0.05, 0) is 60.5 Å². The van der Waals surface area contributed by atoms with Gasteiger partial charge in [-0.15, -0.1) is 11.3 Å². The number of rotatable bonds is 4. The van der Waals surface area contributed by atoms with Crippen LogP contribution in [0, 0.1) is 6.92 Å². The van der Waals surface area contributed by atoms with E-state index >= 15 is 0 Å². The van der Waals surface area contributed by atoms with Gasteiger partial charge in [0.05, 0.1) is 11.6 Å². The van der Waals surface area contributed by atoms with Crippen molar-refractivity contribution in [1.82, 2.24) is 4.90 Å². The maximum atomic E-state index is 13.2. The fraction of sp³-hybridized carbons (Fsp3) is 0.389. The molecule has 3 nitrogen and oxygen atoms in total. The Morgan fingerprint density at radius 2 is 2.12 bits per heavy atom. The lowest BCUT2D eigenvalue weighted by Crippen LogP contribution is -2.39. The summed E-state index contributed by atoms with van der Waals surface area (Å²) in [5.41, 5.74) is 0.409. The summed E-state index contributed by atoms with van der Waals surface area (Å²) >= 11 is 7.68. The van der Waals surface area contributed by atoms with Crippen molar-refractivity contribution in [3.63, 3.8) is 0 Å². The van der Waals surface area contributed by atoms with Crippen molar-refractivity contribution in [3.05, 3.63) is 56.2 Å². The van der Waals surface area contributed by atoms with Gasteiger partial charge in [0.15, 0.2) is 0 Å². The molecule has 0 aliphatic carbocycles. The van der Waals surface area contributed by atoms with Gasteiger partial charge in [0.2, 0.25) is 0 Å². The van der Waals surface area contributed by atoms with Gasteiger partial charge in [-0.3, -0.25) is 9.69 Å². The topological polar surface area (TPSA) is 40.5 Å². The molecule has 1 aromatic carbocycles. The van der Waals surface area contributed by atoms with Crippen LogP contribution in [-0.2, 0) is 11.0 Å². The number of aliphatic carboxylic acids is 1. The highest BCUT2D eigenvalue weighted by atomic mass is 35.5. The molecule has 3 rings (SSSR count). The van der Waals surface area contributed by atoms with Crippen molar-refractivity contribution >= 4 is 28.9 Å². The summed E-state index contributed by atoms with van der Waals surface area (Å²) in [5, 5.41) is 11.6. The molecule has 0 saturated carbocycles. The predicted octanol–water partition coefficient (Wildman–Crippen LogP) is 5.37. The number of hydrogen-bond donors (Lipinski definition) is 1. The summed E-state index contributed by atoms with van der Waals surface area (Å²) in [6, 6.07) is 3.74. The third-order valence-electron chi connectivity index (χ3n) is 4.68. The average Bonchev–Trinajstić information content (AvgIpc) is 3.18. The van der Waals surface area contributed by atoms with Crippen LogP contribution >= 0.6 is 22.9 Å². The van der Waals surface area contributed by atoms with Crippen LogP contribution in [0.25, 0.3) is 0 Å². The lowest BCUT2D eigenvalue weighted by Gasteiger charge is -2.32. The van der Waals surface area contributed by atoms with Gasteiger partial charge in [0.1, 0.15) is 6.04 Å². The Labute approximate surface area is 158 Å². The Balaban J connectivity index is 2.16. The molecule has 2 atom stereocenters. The number of carbonyl (C=O) groups is 1. The molecule has 2 heterocycles. The molecule has 1 aromatic heterocycles. The van der Waals surface area contributed by atoms with Crippen molar-refractivity contribution in [1.29, 1.82) is 0 Å². The van der Waals surface area contributed by atoms with Gasteiger partial charge in [-0.2, -0.15) is 13.2 Å². The first-order valence-corrected chi connectivity index (χ1v) is 9.35. The van der Waals surface area contributed by atoms with Crippen LogP contribution in [0.5, 0.6) is 0 Å². The normalized spacial score (nSPS) is 19.7. The highest BCUT2D eigenvalue weighted by Gasteiger charge is 2.40. The van der Waals surface area contributed by atoms with Gasteiger partial charge in [-0.1, -0.05) is 11.6 Å². The number of carboxylic acid groups (broad SMARTS) is 1. The Bertz CT molecular complexity index is 821. The lowest BCUT2D eigenvalue weighted by molar-refractivity contribution is -0.143. The number of likely N-dealkylation sites (tertiary alicyclic amines) is 1. The van der Waals surface area contributed by atoms with Crippen molar-refractivity contribution in [2.24, 2.45) is 0 Å². The molecule has 26 heavy (non-hydrogen) atoms. The molecular weight excluding hydrogens is 387 g/mol. The summed E-state index contributed by atoms with van der Waals surface area (Å²) in [5.74, 6) is -0.968. The first-order chi connectivity index (χ1) is 12.2. The highest BCUT2D eigenvalue weighted by Crippen LogP contribution is 2.43. The smallest absolute Gasteiger partial charge is 0.416 e. The van der Waals surface area contributed by atoms with E-state index in [0.29, 0.717) is 24.9 Å². The van der Waals surface area contributed by atoms with Crippen molar-refractivity contribution in [2.75, 3.05) is 6.54 Å². The SMILES string of the molecule is Cc1ccsc1C(c1cc(C(F)(F)F)ccc1Cl)N1CCCC1C(=O)O. The van der Waals surface area contributed by atoms with E-state index in [1.807, 2.05) is 18.4 Å². The Kier molecular flexibility index (Phi) is 5.33. The number of alkyl halides is 3. The van der Waals surface area contributed by atoms with E-state index in [2.05, 4.69) is 0 Å². The number of halogens is 4. The number of aryl methyl sites for hydroxylation is 1. The van der Waals surface area contributed by atoms with Crippen LogP contribution in [0.1, 0.15) is 40.5 Å². The highest BCUT2D eigenvalue weighted by molar-refractivity contribution is 7.10. The second-order valence-corrected chi connectivity index (χ2v) is 7.69. The molecule has 140 valence electrons. The van der Waals surface area contributed by atoms with Crippen LogP contribution in [0.15, 0.2) is 29.6 Å². The summed E-state index contributed by atoms with van der Waals surface area (Å²) in [7, 11) is 0. The van der Waals surface area contributed by atoms with Gasteiger partial charge in [0.25, 0.3) is 0 Å². The Hall–Kier alpha value is -1.57. The molecule has 2 unspecified atom stereocenters.